The molecular formula is C15H28N2O. The van der Waals surface area contributed by atoms with E-state index in [4.69, 9.17) is 0 Å². The van der Waals surface area contributed by atoms with Crippen molar-refractivity contribution < 1.29 is 4.79 Å². The fourth-order valence-corrected chi connectivity index (χ4v) is 3.26. The molecule has 1 atom stereocenters. The van der Waals surface area contributed by atoms with Gasteiger partial charge in [0, 0.05) is 6.54 Å². The van der Waals surface area contributed by atoms with Crippen LogP contribution in [0.3, 0.4) is 0 Å². The molecule has 1 aliphatic heterocycles. The predicted octanol–water partition coefficient (Wildman–Crippen LogP) is 2.61. The molecule has 0 aromatic rings. The normalized spacial score (nSPS) is 28.4. The van der Waals surface area contributed by atoms with Crippen LogP contribution in [0.25, 0.3) is 0 Å². The molecule has 3 nitrogen and oxygen atoms in total. The largest absolute Gasteiger partial charge is 0.354 e. The minimum absolute atomic E-state index is 0.0553. The first kappa shape index (κ1) is 13.9. The van der Waals surface area contributed by atoms with Gasteiger partial charge >= 0.3 is 0 Å². The molecule has 18 heavy (non-hydrogen) atoms. The molecule has 2 aliphatic rings. The zero-order valence-electron chi connectivity index (χ0n) is 11.8. The molecule has 1 unspecified atom stereocenters. The van der Waals surface area contributed by atoms with Crippen LogP contribution in [0.15, 0.2) is 0 Å². The van der Waals surface area contributed by atoms with Crippen LogP contribution >= 0.6 is 0 Å². The van der Waals surface area contributed by atoms with Crippen LogP contribution in [0, 0.1) is 5.41 Å². The van der Waals surface area contributed by atoms with E-state index in [0.29, 0.717) is 5.41 Å². The Morgan fingerprint density at radius 3 is 2.67 bits per heavy atom. The van der Waals surface area contributed by atoms with Crippen LogP contribution in [0.1, 0.15) is 64.7 Å². The lowest BCUT2D eigenvalue weighted by Gasteiger charge is -2.34. The van der Waals surface area contributed by atoms with E-state index in [1.807, 2.05) is 0 Å². The second-order valence-electron chi connectivity index (χ2n) is 6.45. The maximum absolute atomic E-state index is 12.2. The Labute approximate surface area is 111 Å². The van der Waals surface area contributed by atoms with E-state index in [-0.39, 0.29) is 11.9 Å². The molecule has 0 spiro atoms. The molecule has 0 aromatic carbocycles. The molecule has 1 heterocycles. The lowest BCUT2D eigenvalue weighted by Crippen LogP contribution is -2.47. The maximum atomic E-state index is 12.2. The fourth-order valence-electron chi connectivity index (χ4n) is 3.26. The summed E-state index contributed by atoms with van der Waals surface area (Å²) in [5.74, 6) is 0.226. The summed E-state index contributed by atoms with van der Waals surface area (Å²) in [6.45, 7) is 4.19. The predicted molar refractivity (Wildman–Crippen MR) is 74.5 cm³/mol. The van der Waals surface area contributed by atoms with Gasteiger partial charge in [-0.1, -0.05) is 39.0 Å². The van der Waals surface area contributed by atoms with E-state index in [2.05, 4.69) is 17.6 Å². The Hall–Kier alpha value is -0.570. The van der Waals surface area contributed by atoms with E-state index in [0.717, 1.165) is 19.5 Å². The topological polar surface area (TPSA) is 41.1 Å². The molecular weight excluding hydrogens is 224 g/mol. The molecule has 0 radical (unpaired) electrons. The van der Waals surface area contributed by atoms with Crippen LogP contribution in [0.5, 0.6) is 0 Å². The van der Waals surface area contributed by atoms with E-state index < -0.39 is 0 Å². The first-order chi connectivity index (χ1) is 8.70. The summed E-state index contributed by atoms with van der Waals surface area (Å²) in [6, 6.07) is 0.0553. The minimum atomic E-state index is 0.0553. The summed E-state index contributed by atoms with van der Waals surface area (Å²) in [5.41, 5.74) is 0.346. The average molecular weight is 252 g/mol. The highest BCUT2D eigenvalue weighted by Gasteiger charge is 2.28. The zero-order valence-corrected chi connectivity index (χ0v) is 11.8. The molecule has 1 saturated carbocycles. The second kappa shape index (κ2) is 6.55. The van der Waals surface area contributed by atoms with Gasteiger partial charge < -0.3 is 10.6 Å². The number of rotatable bonds is 3. The Morgan fingerprint density at radius 2 is 1.89 bits per heavy atom. The summed E-state index contributed by atoms with van der Waals surface area (Å²) in [5, 5.41) is 6.56. The first-order valence-corrected chi connectivity index (χ1v) is 7.71. The molecule has 104 valence electrons. The maximum Gasteiger partial charge on any atom is 0.237 e. The van der Waals surface area contributed by atoms with Gasteiger partial charge in [0.15, 0.2) is 0 Å². The highest BCUT2D eigenvalue weighted by molar-refractivity contribution is 5.81. The van der Waals surface area contributed by atoms with E-state index in [9.17, 15) is 4.79 Å². The molecule has 3 heteroatoms. The molecule has 1 amide bonds. The van der Waals surface area contributed by atoms with E-state index in [1.54, 1.807) is 0 Å². The molecule has 2 fully saturated rings. The smallest absolute Gasteiger partial charge is 0.237 e. The van der Waals surface area contributed by atoms with Crippen LogP contribution in [-0.2, 0) is 4.79 Å². The van der Waals surface area contributed by atoms with Crippen LogP contribution in [0.2, 0.25) is 0 Å². The lowest BCUT2D eigenvalue weighted by molar-refractivity contribution is -0.123. The van der Waals surface area contributed by atoms with Crippen molar-refractivity contribution in [2.75, 3.05) is 13.1 Å². The number of amides is 1. The van der Waals surface area contributed by atoms with Gasteiger partial charge in [0.1, 0.15) is 0 Å². The Morgan fingerprint density at radius 1 is 1.17 bits per heavy atom. The van der Waals surface area contributed by atoms with Crippen molar-refractivity contribution in [3.63, 3.8) is 0 Å². The third-order valence-electron chi connectivity index (χ3n) is 4.63. The van der Waals surface area contributed by atoms with Gasteiger partial charge in [-0.05, 0) is 37.6 Å². The van der Waals surface area contributed by atoms with Gasteiger partial charge in [0.2, 0.25) is 5.91 Å². The minimum Gasteiger partial charge on any atom is -0.354 e. The number of carbonyl (C=O) groups excluding carboxylic acids is 1. The average Bonchev–Trinajstić information content (AvgIpc) is 2.66. The number of nitrogens with one attached hydrogen (secondary N) is 2. The molecule has 0 aromatic heterocycles. The SMILES string of the molecule is CC1(CNC(=O)C2CCCCCN2)CCCCC1. The Kier molecular flexibility index (Phi) is 5.04. The van der Waals surface area contributed by atoms with Gasteiger partial charge in [0.25, 0.3) is 0 Å². The first-order valence-electron chi connectivity index (χ1n) is 7.71. The standard InChI is InChI=1S/C15H28N2O/c1-15(9-5-3-6-10-15)12-17-14(18)13-8-4-2-7-11-16-13/h13,16H,2-12H2,1H3,(H,17,18). The zero-order chi connectivity index (χ0) is 12.8. The number of hydrogen-bond acceptors (Lipinski definition) is 2. The monoisotopic (exact) mass is 252 g/mol. The van der Waals surface area contributed by atoms with Crippen molar-refractivity contribution in [2.24, 2.45) is 5.41 Å². The van der Waals surface area contributed by atoms with Crippen LogP contribution < -0.4 is 10.6 Å². The summed E-state index contributed by atoms with van der Waals surface area (Å²) < 4.78 is 0. The quantitative estimate of drug-likeness (QED) is 0.810. The van der Waals surface area contributed by atoms with Crippen LogP contribution in [0.4, 0.5) is 0 Å². The molecule has 2 rings (SSSR count). The summed E-state index contributed by atoms with van der Waals surface area (Å²) in [4.78, 5) is 12.2. The van der Waals surface area contributed by atoms with Crippen molar-refractivity contribution in [3.05, 3.63) is 0 Å². The van der Waals surface area contributed by atoms with Crippen molar-refractivity contribution in [1.29, 1.82) is 0 Å². The van der Waals surface area contributed by atoms with Gasteiger partial charge in [-0.3, -0.25) is 4.79 Å². The van der Waals surface area contributed by atoms with Gasteiger partial charge in [-0.25, -0.2) is 0 Å². The van der Waals surface area contributed by atoms with Gasteiger partial charge in [-0.15, -0.1) is 0 Å². The molecule has 2 N–H and O–H groups in total. The van der Waals surface area contributed by atoms with Crippen molar-refractivity contribution in [2.45, 2.75) is 70.8 Å². The van der Waals surface area contributed by atoms with Gasteiger partial charge in [0.05, 0.1) is 6.04 Å². The number of hydrogen-bond donors (Lipinski definition) is 2. The third-order valence-corrected chi connectivity index (χ3v) is 4.63. The van der Waals surface area contributed by atoms with Gasteiger partial charge in [-0.2, -0.15) is 0 Å². The Balaban J connectivity index is 1.76. The summed E-state index contributed by atoms with van der Waals surface area (Å²) in [6.07, 6.45) is 11.2. The number of carbonyl (C=O) groups is 1. The van der Waals surface area contributed by atoms with Crippen molar-refractivity contribution in [1.82, 2.24) is 10.6 Å². The summed E-state index contributed by atoms with van der Waals surface area (Å²) >= 11 is 0. The molecule has 0 bridgehead atoms. The Bertz CT molecular complexity index is 264. The molecule has 1 aliphatic carbocycles. The third kappa shape index (κ3) is 3.98. The van der Waals surface area contributed by atoms with E-state index >= 15 is 0 Å². The second-order valence-corrected chi connectivity index (χ2v) is 6.45. The summed E-state index contributed by atoms with van der Waals surface area (Å²) in [7, 11) is 0. The highest BCUT2D eigenvalue weighted by atomic mass is 16.2. The van der Waals surface area contributed by atoms with Crippen molar-refractivity contribution >= 4 is 5.91 Å². The lowest BCUT2D eigenvalue weighted by atomic mass is 9.76. The fraction of sp³-hybridized carbons (Fsp3) is 0.933. The van der Waals surface area contributed by atoms with E-state index in [1.165, 1.54) is 51.4 Å². The highest BCUT2D eigenvalue weighted by Crippen LogP contribution is 2.34. The van der Waals surface area contributed by atoms with Crippen LogP contribution in [-0.4, -0.2) is 25.0 Å². The molecule has 1 saturated heterocycles. The van der Waals surface area contributed by atoms with Crippen molar-refractivity contribution in [3.8, 4) is 0 Å².